The number of hydrogen-bond donors (Lipinski definition) is 1. The molecule has 1 amide bonds. The van der Waals surface area contributed by atoms with E-state index in [0.29, 0.717) is 29.1 Å². The van der Waals surface area contributed by atoms with Gasteiger partial charge in [0.2, 0.25) is 0 Å². The summed E-state index contributed by atoms with van der Waals surface area (Å²) >= 11 is 0. The molecule has 0 saturated carbocycles. The molecule has 0 bridgehead atoms. The molecule has 6 heteroatoms. The Morgan fingerprint density at radius 2 is 1.88 bits per heavy atom. The zero-order valence-corrected chi connectivity index (χ0v) is 13.6. The topological polar surface area (TPSA) is 81.4 Å². The molecule has 25 heavy (non-hydrogen) atoms. The molecule has 6 nitrogen and oxygen atoms in total. The third-order valence-corrected chi connectivity index (χ3v) is 3.62. The second-order valence-corrected chi connectivity index (χ2v) is 5.28. The van der Waals surface area contributed by atoms with Gasteiger partial charge >= 0.3 is 5.97 Å². The number of amides is 1. The predicted octanol–water partition coefficient (Wildman–Crippen LogP) is 3.06. The summed E-state index contributed by atoms with van der Waals surface area (Å²) in [7, 11) is 1.31. The van der Waals surface area contributed by atoms with E-state index < -0.39 is 5.97 Å². The van der Waals surface area contributed by atoms with Crippen molar-refractivity contribution >= 4 is 11.9 Å². The van der Waals surface area contributed by atoms with Crippen molar-refractivity contribution in [3.8, 4) is 11.5 Å². The van der Waals surface area contributed by atoms with Gasteiger partial charge in [0, 0.05) is 18.3 Å². The number of aromatic nitrogens is 1. The number of carbonyl (C=O) groups is 2. The Morgan fingerprint density at radius 3 is 2.56 bits per heavy atom. The van der Waals surface area contributed by atoms with Crippen LogP contribution in [0.5, 0.6) is 0 Å². The number of nitrogens with zero attached hydrogens (tertiary/aromatic N) is 1. The lowest BCUT2D eigenvalue weighted by atomic mass is 10.1. The molecule has 0 aliphatic rings. The van der Waals surface area contributed by atoms with E-state index in [1.54, 1.807) is 42.8 Å². The number of nitrogens with one attached hydrogen (secondary N) is 1. The Labute approximate surface area is 144 Å². The Bertz CT molecular complexity index is 871. The fraction of sp³-hybridized carbons (Fsp3) is 0.105. The van der Waals surface area contributed by atoms with Gasteiger partial charge in [0.25, 0.3) is 5.91 Å². The molecule has 1 N–H and O–H groups in total. The van der Waals surface area contributed by atoms with E-state index in [0.717, 1.165) is 5.56 Å². The standard InChI is InChI=1S/C19H16N2O4/c1-24-19(23)15-6-4-14(5-7-15)18(22)21-12-13-8-9-20-16(11-13)17-3-2-10-25-17/h2-11H,12H2,1H3,(H,21,22). The highest BCUT2D eigenvalue weighted by atomic mass is 16.5. The first-order chi connectivity index (χ1) is 12.2. The highest BCUT2D eigenvalue weighted by molar-refractivity contribution is 5.96. The van der Waals surface area contributed by atoms with E-state index in [2.05, 4.69) is 15.0 Å². The van der Waals surface area contributed by atoms with Crippen molar-refractivity contribution in [3.63, 3.8) is 0 Å². The number of methoxy groups -OCH3 is 1. The van der Waals surface area contributed by atoms with Crippen LogP contribution in [-0.4, -0.2) is 24.0 Å². The largest absolute Gasteiger partial charge is 0.465 e. The fourth-order valence-electron chi connectivity index (χ4n) is 2.30. The van der Waals surface area contributed by atoms with Crippen LogP contribution in [0.25, 0.3) is 11.5 Å². The molecule has 0 radical (unpaired) electrons. The molecule has 2 heterocycles. The summed E-state index contributed by atoms with van der Waals surface area (Å²) in [5.41, 5.74) is 2.48. The maximum absolute atomic E-state index is 12.2. The number of esters is 1. The number of pyridine rings is 1. The summed E-state index contributed by atoms with van der Waals surface area (Å²) in [4.78, 5) is 27.9. The van der Waals surface area contributed by atoms with Gasteiger partial charge in [-0.3, -0.25) is 9.78 Å². The first kappa shape index (κ1) is 16.4. The number of ether oxygens (including phenoxy) is 1. The lowest BCUT2D eigenvalue weighted by molar-refractivity contribution is 0.0600. The molecular weight excluding hydrogens is 320 g/mol. The van der Waals surface area contributed by atoms with Crippen molar-refractivity contribution in [1.29, 1.82) is 0 Å². The Kier molecular flexibility index (Phi) is 4.89. The van der Waals surface area contributed by atoms with E-state index in [9.17, 15) is 9.59 Å². The molecular formula is C19H16N2O4. The molecule has 2 aromatic heterocycles. The summed E-state index contributed by atoms with van der Waals surface area (Å²) in [6.45, 7) is 0.355. The number of furan rings is 1. The minimum Gasteiger partial charge on any atom is -0.465 e. The van der Waals surface area contributed by atoms with Crippen LogP contribution in [0.4, 0.5) is 0 Å². The third-order valence-electron chi connectivity index (χ3n) is 3.62. The lowest BCUT2D eigenvalue weighted by Gasteiger charge is -2.07. The third kappa shape index (κ3) is 3.92. The van der Waals surface area contributed by atoms with Crippen molar-refractivity contribution in [1.82, 2.24) is 10.3 Å². The lowest BCUT2D eigenvalue weighted by Crippen LogP contribution is -2.22. The zero-order valence-electron chi connectivity index (χ0n) is 13.6. The average molecular weight is 336 g/mol. The van der Waals surface area contributed by atoms with Crippen molar-refractivity contribution in [2.24, 2.45) is 0 Å². The maximum Gasteiger partial charge on any atom is 0.337 e. The van der Waals surface area contributed by atoms with E-state index in [-0.39, 0.29) is 5.91 Å². The molecule has 0 atom stereocenters. The molecule has 126 valence electrons. The summed E-state index contributed by atoms with van der Waals surface area (Å²) in [6.07, 6.45) is 3.26. The first-order valence-corrected chi connectivity index (χ1v) is 7.63. The van der Waals surface area contributed by atoms with Gasteiger partial charge in [0.1, 0.15) is 5.69 Å². The quantitative estimate of drug-likeness (QED) is 0.724. The van der Waals surface area contributed by atoms with E-state index >= 15 is 0 Å². The van der Waals surface area contributed by atoms with E-state index in [1.807, 2.05) is 18.2 Å². The monoisotopic (exact) mass is 336 g/mol. The Morgan fingerprint density at radius 1 is 1.12 bits per heavy atom. The number of hydrogen-bond acceptors (Lipinski definition) is 5. The highest BCUT2D eigenvalue weighted by Crippen LogP contribution is 2.18. The van der Waals surface area contributed by atoms with Crippen LogP contribution in [0.15, 0.2) is 65.4 Å². The molecule has 0 aliphatic carbocycles. The molecule has 0 spiro atoms. The second-order valence-electron chi connectivity index (χ2n) is 5.28. The summed E-state index contributed by atoms with van der Waals surface area (Å²) in [6, 6.07) is 13.6. The SMILES string of the molecule is COC(=O)c1ccc(C(=O)NCc2ccnc(-c3ccco3)c2)cc1. The van der Waals surface area contributed by atoms with Crippen molar-refractivity contribution in [2.75, 3.05) is 7.11 Å². The van der Waals surface area contributed by atoms with Crippen LogP contribution >= 0.6 is 0 Å². The number of carbonyl (C=O) groups excluding carboxylic acids is 2. The normalized spacial score (nSPS) is 10.3. The van der Waals surface area contributed by atoms with Gasteiger partial charge in [-0.15, -0.1) is 0 Å². The van der Waals surface area contributed by atoms with Gasteiger partial charge in [-0.1, -0.05) is 0 Å². The molecule has 1 aromatic carbocycles. The maximum atomic E-state index is 12.2. The van der Waals surface area contributed by atoms with Crippen LogP contribution in [0.1, 0.15) is 26.3 Å². The van der Waals surface area contributed by atoms with Crippen LogP contribution in [0.2, 0.25) is 0 Å². The molecule has 0 aliphatic heterocycles. The molecule has 3 aromatic rings. The minimum atomic E-state index is -0.436. The van der Waals surface area contributed by atoms with E-state index in [1.165, 1.54) is 7.11 Å². The predicted molar refractivity (Wildman–Crippen MR) is 90.9 cm³/mol. The highest BCUT2D eigenvalue weighted by Gasteiger charge is 2.09. The van der Waals surface area contributed by atoms with Crippen molar-refractivity contribution < 1.29 is 18.7 Å². The van der Waals surface area contributed by atoms with Gasteiger partial charge < -0.3 is 14.5 Å². The first-order valence-electron chi connectivity index (χ1n) is 7.63. The average Bonchev–Trinajstić information content (AvgIpc) is 3.20. The van der Waals surface area contributed by atoms with Gasteiger partial charge in [0.15, 0.2) is 5.76 Å². The molecule has 0 saturated heterocycles. The minimum absolute atomic E-state index is 0.229. The van der Waals surface area contributed by atoms with Crippen LogP contribution in [-0.2, 0) is 11.3 Å². The zero-order chi connectivity index (χ0) is 17.6. The second kappa shape index (κ2) is 7.44. The molecule has 3 rings (SSSR count). The van der Waals surface area contributed by atoms with Crippen molar-refractivity contribution in [3.05, 3.63) is 77.7 Å². The van der Waals surface area contributed by atoms with E-state index in [4.69, 9.17) is 4.42 Å². The Balaban J connectivity index is 1.64. The van der Waals surface area contributed by atoms with Crippen LogP contribution < -0.4 is 5.32 Å². The van der Waals surface area contributed by atoms with Gasteiger partial charge in [-0.2, -0.15) is 0 Å². The van der Waals surface area contributed by atoms with Gasteiger partial charge in [-0.05, 0) is 54.1 Å². The van der Waals surface area contributed by atoms with Crippen LogP contribution in [0.3, 0.4) is 0 Å². The summed E-state index contributed by atoms with van der Waals surface area (Å²) in [5, 5.41) is 2.84. The van der Waals surface area contributed by atoms with Crippen LogP contribution in [0, 0.1) is 0 Å². The Hall–Kier alpha value is -3.41. The van der Waals surface area contributed by atoms with Gasteiger partial charge in [-0.25, -0.2) is 4.79 Å². The van der Waals surface area contributed by atoms with Crippen molar-refractivity contribution in [2.45, 2.75) is 6.54 Å². The smallest absolute Gasteiger partial charge is 0.337 e. The summed E-state index contributed by atoms with van der Waals surface area (Å²) in [5.74, 6) is 0.00792. The number of benzene rings is 1. The van der Waals surface area contributed by atoms with Gasteiger partial charge in [0.05, 0.1) is 18.9 Å². The molecule has 0 unspecified atom stereocenters. The summed E-state index contributed by atoms with van der Waals surface area (Å²) < 4.78 is 9.95. The fourth-order valence-corrected chi connectivity index (χ4v) is 2.30. The molecule has 0 fully saturated rings. The number of rotatable bonds is 5.